The molecular weight excluding hydrogens is 306 g/mol. The van der Waals surface area contributed by atoms with E-state index >= 15 is 0 Å². The first-order valence-corrected chi connectivity index (χ1v) is 7.91. The van der Waals surface area contributed by atoms with Crippen molar-refractivity contribution in [2.45, 2.75) is 13.0 Å². The Kier molecular flexibility index (Phi) is 5.02. The number of nitrogens with zero attached hydrogens (tertiary/aromatic N) is 3. The van der Waals surface area contributed by atoms with E-state index in [1.54, 1.807) is 26.1 Å². The van der Waals surface area contributed by atoms with Gasteiger partial charge in [0.2, 0.25) is 11.8 Å². The van der Waals surface area contributed by atoms with Gasteiger partial charge in [-0.1, -0.05) is 12.1 Å². The molecule has 1 aromatic carbocycles. The van der Waals surface area contributed by atoms with E-state index in [1.807, 2.05) is 0 Å². The summed E-state index contributed by atoms with van der Waals surface area (Å²) in [7, 11) is 1.64. The van der Waals surface area contributed by atoms with Crippen LogP contribution in [-0.4, -0.2) is 51.8 Å². The Morgan fingerprint density at radius 1 is 1.55 bits per heavy atom. The van der Waals surface area contributed by atoms with Crippen LogP contribution in [0.1, 0.15) is 18.5 Å². The number of non-ortho nitro benzene ring substituents is 1. The Morgan fingerprint density at radius 3 is 2.86 bits per heavy atom. The summed E-state index contributed by atoms with van der Waals surface area (Å²) in [4.78, 5) is 37.2. The number of benzene rings is 1. The second kappa shape index (κ2) is 6.78. The summed E-state index contributed by atoms with van der Waals surface area (Å²) in [6, 6.07) is 5.92. The van der Waals surface area contributed by atoms with Crippen LogP contribution >= 0.6 is 11.8 Å². The standard InChI is InChI=1S/C14H17N3O4S/c1-10(11-4-3-5-12(6-11)17(20)21)15(2)13(18)7-16-9-22-8-14(16)19/h3-6,10H,7-9H2,1-2H3/t10-/m0/s1. The first kappa shape index (κ1) is 16.3. The predicted molar refractivity (Wildman–Crippen MR) is 83.3 cm³/mol. The predicted octanol–water partition coefficient (Wildman–Crippen LogP) is 1.65. The zero-order valence-corrected chi connectivity index (χ0v) is 13.2. The summed E-state index contributed by atoms with van der Waals surface area (Å²) in [5, 5.41) is 10.8. The molecule has 2 rings (SSSR count). The van der Waals surface area contributed by atoms with E-state index in [2.05, 4.69) is 0 Å². The summed E-state index contributed by atoms with van der Waals surface area (Å²) in [6.45, 7) is 1.85. The Bertz CT molecular complexity index is 608. The number of carbonyl (C=O) groups is 2. The SMILES string of the molecule is C[C@@H](c1cccc([N+](=O)[O-])c1)N(C)C(=O)CN1CSCC1=O. The van der Waals surface area contributed by atoms with E-state index in [9.17, 15) is 19.7 Å². The Labute approximate surface area is 132 Å². The fraction of sp³-hybridized carbons (Fsp3) is 0.429. The maximum Gasteiger partial charge on any atom is 0.269 e. The number of carbonyl (C=O) groups excluding carboxylic acids is 2. The molecule has 0 radical (unpaired) electrons. The molecule has 0 bridgehead atoms. The van der Waals surface area contributed by atoms with Gasteiger partial charge in [0.15, 0.2) is 0 Å². The molecule has 1 aliphatic rings. The van der Waals surface area contributed by atoms with Crippen LogP contribution < -0.4 is 0 Å². The number of nitro benzene ring substituents is 1. The lowest BCUT2D eigenvalue weighted by Gasteiger charge is -2.27. The first-order valence-electron chi connectivity index (χ1n) is 6.75. The highest BCUT2D eigenvalue weighted by molar-refractivity contribution is 8.00. The first-order chi connectivity index (χ1) is 10.4. The summed E-state index contributed by atoms with van der Waals surface area (Å²) in [5.74, 6) is 0.728. The number of hydrogen-bond donors (Lipinski definition) is 0. The summed E-state index contributed by atoms with van der Waals surface area (Å²) in [6.07, 6.45) is 0. The molecule has 1 fully saturated rings. The minimum absolute atomic E-state index is 0.00341. The van der Waals surface area contributed by atoms with Crippen LogP contribution in [0.3, 0.4) is 0 Å². The second-order valence-corrected chi connectivity index (χ2v) is 6.06. The zero-order chi connectivity index (χ0) is 16.3. The smallest absolute Gasteiger partial charge is 0.269 e. The molecule has 0 saturated carbocycles. The monoisotopic (exact) mass is 323 g/mol. The van der Waals surface area contributed by atoms with Crippen molar-refractivity contribution >= 4 is 29.3 Å². The third-order valence-corrected chi connectivity index (χ3v) is 4.63. The van der Waals surface area contributed by atoms with Gasteiger partial charge in [-0.2, -0.15) is 0 Å². The van der Waals surface area contributed by atoms with Crippen LogP contribution in [0.25, 0.3) is 0 Å². The van der Waals surface area contributed by atoms with Crippen LogP contribution in [0.2, 0.25) is 0 Å². The fourth-order valence-electron chi connectivity index (χ4n) is 2.15. The van der Waals surface area contributed by atoms with E-state index in [4.69, 9.17) is 0 Å². The van der Waals surface area contributed by atoms with Gasteiger partial charge in [-0.25, -0.2) is 0 Å². The van der Waals surface area contributed by atoms with Crippen molar-refractivity contribution in [3.05, 3.63) is 39.9 Å². The van der Waals surface area contributed by atoms with Crippen molar-refractivity contribution in [2.24, 2.45) is 0 Å². The molecule has 0 aromatic heterocycles. The van der Waals surface area contributed by atoms with E-state index in [-0.39, 0.29) is 30.1 Å². The highest BCUT2D eigenvalue weighted by atomic mass is 32.2. The van der Waals surface area contributed by atoms with Crippen molar-refractivity contribution < 1.29 is 14.5 Å². The third-order valence-electron chi connectivity index (χ3n) is 3.69. The lowest BCUT2D eigenvalue weighted by Crippen LogP contribution is -2.40. The number of likely N-dealkylation sites (N-methyl/N-ethyl adjacent to an activating group) is 1. The Balaban J connectivity index is 2.06. The largest absolute Gasteiger partial charge is 0.337 e. The van der Waals surface area contributed by atoms with Crippen molar-refractivity contribution in [3.63, 3.8) is 0 Å². The molecule has 1 aromatic rings. The molecule has 1 atom stereocenters. The number of nitro groups is 1. The molecule has 0 N–H and O–H groups in total. The Morgan fingerprint density at radius 2 is 2.27 bits per heavy atom. The number of rotatable bonds is 5. The van der Waals surface area contributed by atoms with Crippen LogP contribution in [0, 0.1) is 10.1 Å². The van der Waals surface area contributed by atoms with Gasteiger partial charge in [0.05, 0.1) is 22.6 Å². The maximum atomic E-state index is 12.3. The minimum Gasteiger partial charge on any atom is -0.337 e. The van der Waals surface area contributed by atoms with Gasteiger partial charge in [0.1, 0.15) is 6.54 Å². The maximum absolute atomic E-state index is 12.3. The molecule has 0 aliphatic carbocycles. The molecule has 22 heavy (non-hydrogen) atoms. The quantitative estimate of drug-likeness (QED) is 0.607. The third kappa shape index (κ3) is 3.56. The highest BCUT2D eigenvalue weighted by Crippen LogP contribution is 2.23. The molecule has 0 spiro atoms. The number of amides is 2. The highest BCUT2D eigenvalue weighted by Gasteiger charge is 2.26. The van der Waals surface area contributed by atoms with Gasteiger partial charge < -0.3 is 9.80 Å². The average Bonchev–Trinajstić information content (AvgIpc) is 2.91. The van der Waals surface area contributed by atoms with Crippen LogP contribution in [-0.2, 0) is 9.59 Å². The summed E-state index contributed by atoms with van der Waals surface area (Å²) in [5.41, 5.74) is 0.684. The summed E-state index contributed by atoms with van der Waals surface area (Å²) < 4.78 is 0. The van der Waals surface area contributed by atoms with Gasteiger partial charge in [0, 0.05) is 19.2 Å². The molecule has 8 heteroatoms. The van der Waals surface area contributed by atoms with E-state index in [0.717, 1.165) is 0 Å². The average molecular weight is 323 g/mol. The summed E-state index contributed by atoms with van der Waals surface area (Å²) >= 11 is 1.48. The Hall–Kier alpha value is -2.09. The van der Waals surface area contributed by atoms with Crippen molar-refractivity contribution in [1.29, 1.82) is 0 Å². The lowest BCUT2D eigenvalue weighted by molar-refractivity contribution is -0.384. The second-order valence-electron chi connectivity index (χ2n) is 5.10. The number of thioether (sulfide) groups is 1. The minimum atomic E-state index is -0.460. The van der Waals surface area contributed by atoms with Crippen molar-refractivity contribution in [2.75, 3.05) is 25.2 Å². The molecule has 1 saturated heterocycles. The van der Waals surface area contributed by atoms with Crippen LogP contribution in [0.4, 0.5) is 5.69 Å². The van der Waals surface area contributed by atoms with Gasteiger partial charge in [0.25, 0.3) is 5.69 Å². The molecule has 118 valence electrons. The van der Waals surface area contributed by atoms with Crippen LogP contribution in [0.15, 0.2) is 24.3 Å². The van der Waals surface area contributed by atoms with Crippen molar-refractivity contribution in [1.82, 2.24) is 9.80 Å². The fourth-order valence-corrected chi connectivity index (χ4v) is 3.06. The topological polar surface area (TPSA) is 83.8 Å². The van der Waals surface area contributed by atoms with E-state index in [1.165, 1.54) is 33.7 Å². The van der Waals surface area contributed by atoms with Gasteiger partial charge in [-0.05, 0) is 12.5 Å². The van der Waals surface area contributed by atoms with Crippen LogP contribution in [0.5, 0.6) is 0 Å². The molecule has 1 aliphatic heterocycles. The van der Waals surface area contributed by atoms with Gasteiger partial charge in [-0.3, -0.25) is 19.7 Å². The van der Waals surface area contributed by atoms with E-state index < -0.39 is 4.92 Å². The molecular formula is C14H17N3O4S. The molecule has 1 heterocycles. The van der Waals surface area contributed by atoms with Gasteiger partial charge >= 0.3 is 0 Å². The van der Waals surface area contributed by atoms with Gasteiger partial charge in [-0.15, -0.1) is 11.8 Å². The zero-order valence-electron chi connectivity index (χ0n) is 12.4. The molecule has 7 nitrogen and oxygen atoms in total. The number of hydrogen-bond acceptors (Lipinski definition) is 5. The molecule has 0 unspecified atom stereocenters. The normalized spacial score (nSPS) is 15.7. The lowest BCUT2D eigenvalue weighted by atomic mass is 10.1. The van der Waals surface area contributed by atoms with E-state index in [0.29, 0.717) is 17.2 Å². The van der Waals surface area contributed by atoms with Crippen molar-refractivity contribution in [3.8, 4) is 0 Å². The molecule has 2 amide bonds.